The van der Waals surface area contributed by atoms with E-state index in [4.69, 9.17) is 4.98 Å². The molecule has 0 radical (unpaired) electrons. The zero-order valence-corrected chi connectivity index (χ0v) is 12.3. The summed E-state index contributed by atoms with van der Waals surface area (Å²) in [6.45, 7) is 9.72. The highest BCUT2D eigenvalue weighted by Crippen LogP contribution is 2.19. The van der Waals surface area contributed by atoms with Crippen LogP contribution in [0.5, 0.6) is 0 Å². The highest BCUT2D eigenvalue weighted by Gasteiger charge is 2.20. The predicted octanol–water partition coefficient (Wildman–Crippen LogP) is 1.00. The highest BCUT2D eigenvalue weighted by molar-refractivity contribution is 5.42. The molecule has 2 fully saturated rings. The first-order chi connectivity index (χ1) is 9.86. The molecule has 110 valence electrons. The monoisotopic (exact) mass is 276 g/mol. The van der Waals surface area contributed by atoms with Gasteiger partial charge >= 0.3 is 0 Å². The van der Waals surface area contributed by atoms with Gasteiger partial charge in [0.25, 0.3) is 0 Å². The normalized spacial score (nSPS) is 21.2. The first kappa shape index (κ1) is 13.5. The van der Waals surface area contributed by atoms with Crippen LogP contribution in [-0.4, -0.2) is 65.9 Å². The third kappa shape index (κ3) is 3.00. The summed E-state index contributed by atoms with van der Waals surface area (Å²) >= 11 is 0. The number of hydrogen-bond acceptors (Lipinski definition) is 6. The number of anilines is 2. The number of piperidine rings is 1. The van der Waals surface area contributed by atoms with Gasteiger partial charge in [0.15, 0.2) is 5.82 Å². The van der Waals surface area contributed by atoms with Crippen LogP contribution < -0.4 is 9.80 Å². The molecule has 20 heavy (non-hydrogen) atoms. The minimum atomic E-state index is 0.795. The van der Waals surface area contributed by atoms with E-state index >= 15 is 0 Å². The summed E-state index contributed by atoms with van der Waals surface area (Å²) < 4.78 is 0. The van der Waals surface area contributed by atoms with Gasteiger partial charge in [0.2, 0.25) is 5.95 Å². The maximum absolute atomic E-state index is 4.73. The van der Waals surface area contributed by atoms with Crippen LogP contribution in [0, 0.1) is 0 Å². The molecule has 0 spiro atoms. The molecular weight excluding hydrogens is 252 g/mol. The van der Waals surface area contributed by atoms with E-state index in [-0.39, 0.29) is 0 Å². The third-order valence-corrected chi connectivity index (χ3v) is 4.32. The van der Waals surface area contributed by atoms with E-state index in [2.05, 4.69) is 31.8 Å². The van der Waals surface area contributed by atoms with Gasteiger partial charge in [-0.15, -0.1) is 5.10 Å². The van der Waals surface area contributed by atoms with Crippen LogP contribution in [0.2, 0.25) is 0 Å². The highest BCUT2D eigenvalue weighted by atomic mass is 15.4. The van der Waals surface area contributed by atoms with Crippen LogP contribution in [0.3, 0.4) is 0 Å². The summed E-state index contributed by atoms with van der Waals surface area (Å²) in [5, 5.41) is 8.39. The van der Waals surface area contributed by atoms with Crippen molar-refractivity contribution in [2.45, 2.75) is 26.2 Å². The van der Waals surface area contributed by atoms with Crippen molar-refractivity contribution in [2.24, 2.45) is 0 Å². The molecule has 0 unspecified atom stereocenters. The molecule has 0 aliphatic carbocycles. The van der Waals surface area contributed by atoms with Crippen LogP contribution in [0.1, 0.15) is 26.2 Å². The molecule has 0 N–H and O–H groups in total. The maximum atomic E-state index is 4.73. The average molecular weight is 276 g/mol. The molecule has 0 aromatic carbocycles. The number of hydrogen-bond donors (Lipinski definition) is 0. The van der Waals surface area contributed by atoms with Gasteiger partial charge in [0.05, 0.1) is 6.20 Å². The number of nitrogens with zero attached hydrogens (tertiary/aromatic N) is 6. The Morgan fingerprint density at radius 1 is 0.950 bits per heavy atom. The Morgan fingerprint density at radius 2 is 1.70 bits per heavy atom. The van der Waals surface area contributed by atoms with E-state index in [9.17, 15) is 0 Å². The van der Waals surface area contributed by atoms with Gasteiger partial charge < -0.3 is 14.7 Å². The molecule has 2 saturated heterocycles. The predicted molar refractivity (Wildman–Crippen MR) is 80.2 cm³/mol. The smallest absolute Gasteiger partial charge is 0.247 e. The molecular formula is C14H24N6. The molecule has 6 nitrogen and oxygen atoms in total. The van der Waals surface area contributed by atoms with E-state index in [1.54, 1.807) is 6.20 Å². The first-order valence-corrected chi connectivity index (χ1v) is 7.79. The van der Waals surface area contributed by atoms with Crippen molar-refractivity contribution in [1.29, 1.82) is 0 Å². The second-order valence-electron chi connectivity index (χ2n) is 5.58. The minimum absolute atomic E-state index is 0.795. The van der Waals surface area contributed by atoms with E-state index in [1.807, 2.05) is 0 Å². The lowest BCUT2D eigenvalue weighted by molar-refractivity contribution is 0.269. The Balaban J connectivity index is 1.68. The first-order valence-electron chi connectivity index (χ1n) is 7.79. The standard InChI is InChI=1S/C14H24N6/c1-2-18-8-10-20(11-9-18)14-16-13(12-15-17-14)19-6-4-3-5-7-19/h12H,2-11H2,1H3. The molecule has 0 bridgehead atoms. The SMILES string of the molecule is CCN1CCN(c2nncc(N3CCCCC3)n2)CC1. The van der Waals surface area contributed by atoms with Gasteiger partial charge in [0.1, 0.15) is 0 Å². The second-order valence-corrected chi connectivity index (χ2v) is 5.58. The van der Waals surface area contributed by atoms with Crippen LogP contribution in [0.4, 0.5) is 11.8 Å². The zero-order chi connectivity index (χ0) is 13.8. The van der Waals surface area contributed by atoms with E-state index in [0.29, 0.717) is 0 Å². The molecule has 6 heteroatoms. The Labute approximate surface area is 120 Å². The molecule has 2 aliphatic heterocycles. The molecule has 2 aliphatic rings. The molecule has 3 heterocycles. The van der Waals surface area contributed by atoms with Gasteiger partial charge in [-0.25, -0.2) is 0 Å². The van der Waals surface area contributed by atoms with Crippen molar-refractivity contribution in [3.8, 4) is 0 Å². The average Bonchev–Trinajstić information content (AvgIpc) is 2.56. The lowest BCUT2D eigenvalue weighted by Gasteiger charge is -2.34. The maximum Gasteiger partial charge on any atom is 0.247 e. The van der Waals surface area contributed by atoms with Gasteiger partial charge in [-0.2, -0.15) is 10.1 Å². The molecule has 1 aromatic rings. The molecule has 0 saturated carbocycles. The van der Waals surface area contributed by atoms with Gasteiger partial charge in [0, 0.05) is 39.3 Å². The third-order valence-electron chi connectivity index (χ3n) is 4.32. The molecule has 1 aromatic heterocycles. The summed E-state index contributed by atoms with van der Waals surface area (Å²) in [6.07, 6.45) is 5.65. The Morgan fingerprint density at radius 3 is 2.40 bits per heavy atom. The summed E-state index contributed by atoms with van der Waals surface area (Å²) in [5.41, 5.74) is 0. The largest absolute Gasteiger partial charge is 0.355 e. The van der Waals surface area contributed by atoms with Crippen LogP contribution >= 0.6 is 0 Å². The van der Waals surface area contributed by atoms with E-state index in [1.165, 1.54) is 19.3 Å². The molecule has 0 amide bonds. The van der Waals surface area contributed by atoms with Crippen molar-refractivity contribution < 1.29 is 0 Å². The fourth-order valence-corrected chi connectivity index (χ4v) is 2.96. The molecule has 0 atom stereocenters. The number of piperazine rings is 1. The lowest BCUT2D eigenvalue weighted by Crippen LogP contribution is -2.47. The Kier molecular flexibility index (Phi) is 4.30. The zero-order valence-electron chi connectivity index (χ0n) is 12.3. The van der Waals surface area contributed by atoms with E-state index < -0.39 is 0 Å². The van der Waals surface area contributed by atoms with Gasteiger partial charge in [-0.3, -0.25) is 0 Å². The van der Waals surface area contributed by atoms with Crippen molar-refractivity contribution in [3.63, 3.8) is 0 Å². The van der Waals surface area contributed by atoms with Crippen molar-refractivity contribution in [1.82, 2.24) is 20.1 Å². The summed E-state index contributed by atoms with van der Waals surface area (Å²) in [7, 11) is 0. The van der Waals surface area contributed by atoms with E-state index in [0.717, 1.165) is 57.6 Å². The van der Waals surface area contributed by atoms with Crippen molar-refractivity contribution in [3.05, 3.63) is 6.20 Å². The number of rotatable bonds is 3. The summed E-state index contributed by atoms with van der Waals surface area (Å²) in [5.74, 6) is 1.79. The van der Waals surface area contributed by atoms with Crippen molar-refractivity contribution >= 4 is 11.8 Å². The fourth-order valence-electron chi connectivity index (χ4n) is 2.96. The summed E-state index contributed by atoms with van der Waals surface area (Å²) in [6, 6.07) is 0. The quantitative estimate of drug-likeness (QED) is 0.821. The van der Waals surface area contributed by atoms with Crippen LogP contribution in [0.25, 0.3) is 0 Å². The summed E-state index contributed by atoms with van der Waals surface area (Å²) in [4.78, 5) is 11.8. The van der Waals surface area contributed by atoms with Crippen LogP contribution in [0.15, 0.2) is 6.20 Å². The van der Waals surface area contributed by atoms with Gasteiger partial charge in [-0.1, -0.05) is 6.92 Å². The van der Waals surface area contributed by atoms with Gasteiger partial charge in [-0.05, 0) is 25.8 Å². The Bertz CT molecular complexity index is 423. The van der Waals surface area contributed by atoms with Crippen molar-refractivity contribution in [2.75, 3.05) is 55.6 Å². The number of likely N-dealkylation sites (N-methyl/N-ethyl adjacent to an activating group) is 1. The molecule has 3 rings (SSSR count). The second kappa shape index (κ2) is 6.35. The Hall–Kier alpha value is -1.43. The topological polar surface area (TPSA) is 48.4 Å². The minimum Gasteiger partial charge on any atom is -0.355 e. The van der Waals surface area contributed by atoms with Crippen LogP contribution in [-0.2, 0) is 0 Å². The fraction of sp³-hybridized carbons (Fsp3) is 0.786. The number of aromatic nitrogens is 3. The lowest BCUT2D eigenvalue weighted by atomic mass is 10.1.